The summed E-state index contributed by atoms with van der Waals surface area (Å²) in [5.74, 6) is 0.367. The molecule has 0 bridgehead atoms. The molecule has 0 heterocycles. The van der Waals surface area contributed by atoms with Crippen LogP contribution in [0.1, 0.15) is 47.1 Å². The number of amides is 2. The molecular formula is C21H26N2O5. The first kappa shape index (κ1) is 21.1. The minimum absolute atomic E-state index is 0.278. The molecule has 0 unspecified atom stereocenters. The lowest BCUT2D eigenvalue weighted by atomic mass is 10.1. The number of aryl methyl sites for hydroxylation is 1. The molecule has 150 valence electrons. The topological polar surface area (TPSA) is 85.9 Å². The van der Waals surface area contributed by atoms with Gasteiger partial charge in [-0.1, -0.05) is 17.7 Å². The Morgan fingerprint density at radius 1 is 0.786 bits per heavy atom. The van der Waals surface area contributed by atoms with Gasteiger partial charge in [-0.05, 0) is 52.0 Å². The first-order valence-electron chi connectivity index (χ1n) is 9.23. The van der Waals surface area contributed by atoms with E-state index >= 15 is 0 Å². The Labute approximate surface area is 165 Å². The van der Waals surface area contributed by atoms with E-state index in [1.54, 1.807) is 30.3 Å². The van der Waals surface area contributed by atoms with Gasteiger partial charge in [-0.3, -0.25) is 20.4 Å². The minimum Gasteiger partial charge on any atom is -0.490 e. The smallest absolute Gasteiger partial charge is 0.269 e. The number of carbonyl (C=O) groups excluding carboxylic acids is 2. The lowest BCUT2D eigenvalue weighted by molar-refractivity contribution is 0.0846. The Balaban J connectivity index is 2.20. The van der Waals surface area contributed by atoms with Crippen molar-refractivity contribution in [2.45, 2.75) is 27.7 Å². The van der Waals surface area contributed by atoms with Gasteiger partial charge in [0.1, 0.15) is 0 Å². The molecule has 2 N–H and O–H groups in total. The average Bonchev–Trinajstić information content (AvgIpc) is 2.68. The van der Waals surface area contributed by atoms with Crippen LogP contribution in [0.4, 0.5) is 0 Å². The summed E-state index contributed by atoms with van der Waals surface area (Å²) < 4.78 is 16.8. The van der Waals surface area contributed by atoms with E-state index < -0.39 is 11.8 Å². The molecule has 7 nitrogen and oxygen atoms in total. The molecule has 2 amide bonds. The van der Waals surface area contributed by atoms with Gasteiger partial charge in [0.05, 0.1) is 19.8 Å². The van der Waals surface area contributed by atoms with Crippen LogP contribution in [0.2, 0.25) is 0 Å². The standard InChI is InChI=1S/C21H26N2O5/c1-5-26-17-12-16(13-18(27-6-2)19(17)28-7-3)21(25)23-22-20(24)15-10-8-9-14(4)11-15/h8-13H,5-7H2,1-4H3,(H,22,24)(H,23,25). The molecule has 0 aliphatic carbocycles. The Kier molecular flexibility index (Phi) is 7.68. The molecule has 2 aromatic rings. The fourth-order valence-corrected chi connectivity index (χ4v) is 2.56. The van der Waals surface area contributed by atoms with Gasteiger partial charge < -0.3 is 14.2 Å². The van der Waals surface area contributed by atoms with Gasteiger partial charge in [0.25, 0.3) is 11.8 Å². The first-order chi connectivity index (χ1) is 13.5. The molecule has 0 atom stereocenters. The van der Waals surface area contributed by atoms with E-state index in [4.69, 9.17) is 14.2 Å². The van der Waals surface area contributed by atoms with Gasteiger partial charge in [0, 0.05) is 11.1 Å². The fraction of sp³-hybridized carbons (Fsp3) is 0.333. The molecular weight excluding hydrogens is 360 g/mol. The van der Waals surface area contributed by atoms with Crippen LogP contribution in [-0.2, 0) is 0 Å². The van der Waals surface area contributed by atoms with Gasteiger partial charge in [0.2, 0.25) is 5.75 Å². The third-order valence-corrected chi connectivity index (χ3v) is 3.74. The molecule has 0 spiro atoms. The lowest BCUT2D eigenvalue weighted by Crippen LogP contribution is -2.41. The van der Waals surface area contributed by atoms with Gasteiger partial charge in [-0.25, -0.2) is 0 Å². The van der Waals surface area contributed by atoms with Crippen molar-refractivity contribution in [2.24, 2.45) is 0 Å². The van der Waals surface area contributed by atoms with Crippen molar-refractivity contribution < 1.29 is 23.8 Å². The third kappa shape index (κ3) is 5.39. The van der Waals surface area contributed by atoms with Crippen molar-refractivity contribution in [1.82, 2.24) is 10.9 Å². The maximum atomic E-state index is 12.6. The van der Waals surface area contributed by atoms with Crippen molar-refractivity contribution in [3.8, 4) is 17.2 Å². The summed E-state index contributed by atoms with van der Waals surface area (Å²) in [5.41, 5.74) is 6.52. The van der Waals surface area contributed by atoms with Crippen LogP contribution < -0.4 is 25.1 Å². The van der Waals surface area contributed by atoms with Crippen LogP contribution in [0.25, 0.3) is 0 Å². The zero-order valence-corrected chi connectivity index (χ0v) is 16.6. The number of nitrogens with one attached hydrogen (secondary N) is 2. The van der Waals surface area contributed by atoms with Gasteiger partial charge in [-0.15, -0.1) is 0 Å². The zero-order valence-electron chi connectivity index (χ0n) is 16.6. The van der Waals surface area contributed by atoms with E-state index in [-0.39, 0.29) is 5.56 Å². The summed E-state index contributed by atoms with van der Waals surface area (Å²) in [5, 5.41) is 0. The van der Waals surface area contributed by atoms with Crippen molar-refractivity contribution in [3.05, 3.63) is 53.1 Å². The second kappa shape index (κ2) is 10.2. The molecule has 0 fully saturated rings. The molecule has 7 heteroatoms. The van der Waals surface area contributed by atoms with E-state index in [1.165, 1.54) is 0 Å². The summed E-state index contributed by atoms with van der Waals surface area (Å²) in [6, 6.07) is 10.2. The van der Waals surface area contributed by atoms with E-state index in [2.05, 4.69) is 10.9 Å². The lowest BCUT2D eigenvalue weighted by Gasteiger charge is -2.17. The molecule has 0 aliphatic rings. The Bertz CT molecular complexity index is 808. The Morgan fingerprint density at radius 3 is 1.82 bits per heavy atom. The van der Waals surface area contributed by atoms with Crippen LogP contribution in [0.5, 0.6) is 17.2 Å². The number of ether oxygens (including phenoxy) is 3. The van der Waals surface area contributed by atoms with Crippen molar-refractivity contribution >= 4 is 11.8 Å². The molecule has 2 aromatic carbocycles. The molecule has 0 aliphatic heterocycles. The van der Waals surface area contributed by atoms with E-state index in [0.717, 1.165) is 5.56 Å². The number of carbonyl (C=O) groups is 2. The third-order valence-electron chi connectivity index (χ3n) is 3.74. The maximum Gasteiger partial charge on any atom is 0.269 e. The van der Waals surface area contributed by atoms with E-state index in [1.807, 2.05) is 33.8 Å². The molecule has 2 rings (SSSR count). The van der Waals surface area contributed by atoms with Crippen LogP contribution in [0.15, 0.2) is 36.4 Å². The summed E-state index contributed by atoms with van der Waals surface area (Å²) in [6.07, 6.45) is 0. The summed E-state index contributed by atoms with van der Waals surface area (Å²) >= 11 is 0. The summed E-state index contributed by atoms with van der Waals surface area (Å²) in [7, 11) is 0. The summed E-state index contributed by atoms with van der Waals surface area (Å²) in [4.78, 5) is 24.8. The molecule has 28 heavy (non-hydrogen) atoms. The highest BCUT2D eigenvalue weighted by molar-refractivity contribution is 5.99. The second-order valence-corrected chi connectivity index (χ2v) is 5.88. The van der Waals surface area contributed by atoms with Crippen LogP contribution in [0, 0.1) is 6.92 Å². The highest BCUT2D eigenvalue weighted by Gasteiger charge is 2.19. The summed E-state index contributed by atoms with van der Waals surface area (Å²) in [6.45, 7) is 8.66. The molecule has 0 radical (unpaired) electrons. The van der Waals surface area contributed by atoms with Crippen molar-refractivity contribution in [3.63, 3.8) is 0 Å². The normalized spacial score (nSPS) is 10.1. The number of benzene rings is 2. The maximum absolute atomic E-state index is 12.6. The Hall–Kier alpha value is -3.22. The fourth-order valence-electron chi connectivity index (χ4n) is 2.56. The molecule has 0 saturated heterocycles. The molecule has 0 saturated carbocycles. The first-order valence-corrected chi connectivity index (χ1v) is 9.23. The van der Waals surface area contributed by atoms with Crippen molar-refractivity contribution in [1.29, 1.82) is 0 Å². The van der Waals surface area contributed by atoms with E-state index in [9.17, 15) is 9.59 Å². The van der Waals surface area contributed by atoms with Crippen LogP contribution in [0.3, 0.4) is 0 Å². The predicted molar refractivity (Wildman–Crippen MR) is 106 cm³/mol. The highest BCUT2D eigenvalue weighted by Crippen LogP contribution is 2.39. The highest BCUT2D eigenvalue weighted by atomic mass is 16.5. The average molecular weight is 386 g/mol. The second-order valence-electron chi connectivity index (χ2n) is 5.88. The number of hydrogen-bond donors (Lipinski definition) is 2. The number of hydrazine groups is 1. The van der Waals surface area contributed by atoms with Gasteiger partial charge >= 0.3 is 0 Å². The van der Waals surface area contributed by atoms with Gasteiger partial charge in [-0.2, -0.15) is 0 Å². The minimum atomic E-state index is -0.494. The van der Waals surface area contributed by atoms with Crippen LogP contribution in [-0.4, -0.2) is 31.6 Å². The monoisotopic (exact) mass is 386 g/mol. The SMILES string of the molecule is CCOc1cc(C(=O)NNC(=O)c2cccc(C)c2)cc(OCC)c1OCC. The predicted octanol–water partition coefficient (Wildman–Crippen LogP) is 3.27. The van der Waals surface area contributed by atoms with Crippen molar-refractivity contribution in [2.75, 3.05) is 19.8 Å². The molecule has 0 aromatic heterocycles. The zero-order chi connectivity index (χ0) is 20.5. The quantitative estimate of drug-likeness (QED) is 0.680. The van der Waals surface area contributed by atoms with Crippen LogP contribution >= 0.6 is 0 Å². The number of rotatable bonds is 8. The largest absolute Gasteiger partial charge is 0.490 e. The van der Waals surface area contributed by atoms with E-state index in [0.29, 0.717) is 42.6 Å². The number of hydrogen-bond acceptors (Lipinski definition) is 5. The van der Waals surface area contributed by atoms with Gasteiger partial charge in [0.15, 0.2) is 11.5 Å². The Morgan fingerprint density at radius 2 is 1.32 bits per heavy atom.